The van der Waals surface area contributed by atoms with E-state index in [4.69, 9.17) is 11.6 Å². The van der Waals surface area contributed by atoms with E-state index in [1.807, 2.05) is 18.2 Å². The topological polar surface area (TPSA) is 29.0 Å². The van der Waals surface area contributed by atoms with Gasteiger partial charge < -0.3 is 4.90 Å². The van der Waals surface area contributed by atoms with Gasteiger partial charge in [0.05, 0.1) is 0 Å². The van der Waals surface area contributed by atoms with Crippen LogP contribution < -0.4 is 4.90 Å². The Kier molecular flexibility index (Phi) is 4.03. The van der Waals surface area contributed by atoms with Gasteiger partial charge in [0.25, 0.3) is 0 Å². The lowest BCUT2D eigenvalue weighted by Gasteiger charge is -2.41. The second kappa shape index (κ2) is 5.80. The number of aromatic nitrogens is 2. The van der Waals surface area contributed by atoms with Gasteiger partial charge in [0.2, 0.25) is 0 Å². The van der Waals surface area contributed by atoms with Gasteiger partial charge in [-0.1, -0.05) is 62.6 Å². The van der Waals surface area contributed by atoms with Crippen LogP contribution in [-0.4, -0.2) is 23.3 Å². The van der Waals surface area contributed by atoms with Crippen LogP contribution >= 0.6 is 11.6 Å². The Bertz CT molecular complexity index is 627. The normalized spacial score (nSPS) is 18.1. The number of hydrogen-bond acceptors (Lipinski definition) is 3. The number of anilines is 1. The summed E-state index contributed by atoms with van der Waals surface area (Å²) in [6.07, 6.45) is 5.01. The van der Waals surface area contributed by atoms with Crippen molar-refractivity contribution in [1.29, 1.82) is 0 Å². The Balaban J connectivity index is 1.91. The molecule has 0 unspecified atom stereocenters. The van der Waals surface area contributed by atoms with Gasteiger partial charge >= 0.3 is 0 Å². The lowest BCUT2D eigenvalue weighted by molar-refractivity contribution is 0.199. The predicted octanol–water partition coefficient (Wildman–Crippen LogP) is 4.69. The molecule has 3 rings (SSSR count). The SMILES string of the molecule is CCC1(CC)CCN(c2nnc(Cl)c3ccccc23)CC1. The minimum atomic E-state index is 0.489. The first-order valence-corrected chi connectivity index (χ1v) is 8.23. The molecule has 0 atom stereocenters. The van der Waals surface area contributed by atoms with Crippen LogP contribution in [0.15, 0.2) is 24.3 Å². The maximum atomic E-state index is 6.17. The van der Waals surface area contributed by atoms with Crippen molar-refractivity contribution >= 4 is 28.2 Å². The number of halogens is 1. The number of piperidine rings is 1. The monoisotopic (exact) mass is 303 g/mol. The number of rotatable bonds is 3. The quantitative estimate of drug-likeness (QED) is 0.823. The van der Waals surface area contributed by atoms with Gasteiger partial charge in [0.15, 0.2) is 11.0 Å². The van der Waals surface area contributed by atoms with Gasteiger partial charge in [-0.2, -0.15) is 0 Å². The molecule has 0 saturated carbocycles. The zero-order chi connectivity index (χ0) is 14.9. The number of benzene rings is 1. The Labute approximate surface area is 131 Å². The third kappa shape index (κ3) is 2.59. The minimum absolute atomic E-state index is 0.489. The molecule has 1 aromatic carbocycles. The fourth-order valence-electron chi connectivity index (χ4n) is 3.44. The molecule has 0 amide bonds. The molecule has 0 N–H and O–H groups in total. The van der Waals surface area contributed by atoms with E-state index in [1.54, 1.807) is 0 Å². The minimum Gasteiger partial charge on any atom is -0.355 e. The highest BCUT2D eigenvalue weighted by atomic mass is 35.5. The van der Waals surface area contributed by atoms with Crippen molar-refractivity contribution in [2.45, 2.75) is 39.5 Å². The summed E-state index contributed by atoms with van der Waals surface area (Å²) in [5.74, 6) is 0.982. The average molecular weight is 304 g/mol. The molecule has 0 bridgehead atoms. The maximum absolute atomic E-state index is 6.17. The van der Waals surface area contributed by atoms with Crippen LogP contribution in [0.25, 0.3) is 10.8 Å². The van der Waals surface area contributed by atoms with Crippen LogP contribution in [0.2, 0.25) is 5.15 Å². The number of hydrogen-bond donors (Lipinski definition) is 0. The van der Waals surface area contributed by atoms with E-state index >= 15 is 0 Å². The highest BCUT2D eigenvalue weighted by Gasteiger charge is 2.32. The fourth-order valence-corrected chi connectivity index (χ4v) is 3.64. The third-order valence-corrected chi connectivity index (χ3v) is 5.53. The fraction of sp³-hybridized carbons (Fsp3) is 0.529. The highest BCUT2D eigenvalue weighted by Crippen LogP contribution is 2.40. The summed E-state index contributed by atoms with van der Waals surface area (Å²) in [5.41, 5.74) is 0.520. The second-order valence-corrected chi connectivity index (χ2v) is 6.41. The van der Waals surface area contributed by atoms with E-state index in [1.165, 1.54) is 25.7 Å². The van der Waals surface area contributed by atoms with Crippen molar-refractivity contribution in [3.8, 4) is 0 Å². The summed E-state index contributed by atoms with van der Waals surface area (Å²) >= 11 is 6.17. The summed E-state index contributed by atoms with van der Waals surface area (Å²) in [5, 5.41) is 11.1. The summed E-state index contributed by atoms with van der Waals surface area (Å²) in [6, 6.07) is 8.14. The summed E-state index contributed by atoms with van der Waals surface area (Å²) in [4.78, 5) is 2.37. The van der Waals surface area contributed by atoms with Crippen molar-refractivity contribution in [2.24, 2.45) is 5.41 Å². The summed E-state index contributed by atoms with van der Waals surface area (Å²) in [6.45, 7) is 6.75. The molecule has 3 nitrogen and oxygen atoms in total. The van der Waals surface area contributed by atoms with Crippen molar-refractivity contribution < 1.29 is 0 Å². The molecule has 1 saturated heterocycles. The molecule has 0 radical (unpaired) electrons. The van der Waals surface area contributed by atoms with E-state index in [9.17, 15) is 0 Å². The van der Waals surface area contributed by atoms with Gasteiger partial charge in [-0.15, -0.1) is 10.2 Å². The van der Waals surface area contributed by atoms with Crippen LogP contribution in [0, 0.1) is 5.41 Å². The molecule has 2 heterocycles. The lowest BCUT2D eigenvalue weighted by atomic mass is 9.74. The lowest BCUT2D eigenvalue weighted by Crippen LogP contribution is -2.40. The predicted molar refractivity (Wildman–Crippen MR) is 89.0 cm³/mol. The zero-order valence-corrected chi connectivity index (χ0v) is 13.5. The van der Waals surface area contributed by atoms with Crippen molar-refractivity contribution in [3.63, 3.8) is 0 Å². The smallest absolute Gasteiger partial charge is 0.159 e. The van der Waals surface area contributed by atoms with Crippen LogP contribution in [-0.2, 0) is 0 Å². The third-order valence-electron chi connectivity index (χ3n) is 5.25. The van der Waals surface area contributed by atoms with Gasteiger partial charge in [-0.25, -0.2) is 0 Å². The summed E-state index contributed by atoms with van der Waals surface area (Å²) < 4.78 is 0. The van der Waals surface area contributed by atoms with Crippen LogP contribution in [0.1, 0.15) is 39.5 Å². The summed E-state index contributed by atoms with van der Waals surface area (Å²) in [7, 11) is 0. The zero-order valence-electron chi connectivity index (χ0n) is 12.8. The van der Waals surface area contributed by atoms with Crippen molar-refractivity contribution in [2.75, 3.05) is 18.0 Å². The molecule has 0 spiro atoms. The second-order valence-electron chi connectivity index (χ2n) is 6.05. The van der Waals surface area contributed by atoms with E-state index in [2.05, 4.69) is 35.0 Å². The van der Waals surface area contributed by atoms with Gasteiger partial charge in [0, 0.05) is 23.9 Å². The maximum Gasteiger partial charge on any atom is 0.159 e. The molecule has 21 heavy (non-hydrogen) atoms. The van der Waals surface area contributed by atoms with E-state index in [0.29, 0.717) is 10.6 Å². The molecule has 1 fully saturated rings. The van der Waals surface area contributed by atoms with E-state index in [0.717, 1.165) is 29.7 Å². The molecule has 2 aromatic rings. The first-order chi connectivity index (χ1) is 10.2. The average Bonchev–Trinajstić information content (AvgIpc) is 2.56. The Hall–Kier alpha value is -1.35. The molecule has 1 aliphatic rings. The van der Waals surface area contributed by atoms with Crippen LogP contribution in [0.4, 0.5) is 5.82 Å². The molecular weight excluding hydrogens is 282 g/mol. The van der Waals surface area contributed by atoms with E-state index in [-0.39, 0.29) is 0 Å². The van der Waals surface area contributed by atoms with Gasteiger partial charge in [-0.05, 0) is 18.3 Å². The van der Waals surface area contributed by atoms with Crippen LogP contribution in [0.3, 0.4) is 0 Å². The largest absolute Gasteiger partial charge is 0.355 e. The first kappa shape index (κ1) is 14.6. The number of fused-ring (bicyclic) bond motifs is 1. The van der Waals surface area contributed by atoms with Gasteiger partial charge in [-0.3, -0.25) is 0 Å². The molecule has 112 valence electrons. The van der Waals surface area contributed by atoms with Gasteiger partial charge in [0.1, 0.15) is 0 Å². The molecule has 1 aromatic heterocycles. The van der Waals surface area contributed by atoms with Crippen molar-refractivity contribution in [3.05, 3.63) is 29.4 Å². The Morgan fingerprint density at radius 3 is 2.29 bits per heavy atom. The molecule has 1 aliphatic heterocycles. The number of nitrogens with zero attached hydrogens (tertiary/aromatic N) is 3. The van der Waals surface area contributed by atoms with E-state index < -0.39 is 0 Å². The molecule has 0 aliphatic carbocycles. The standard InChI is InChI=1S/C17H22ClN3/c1-3-17(4-2)9-11-21(12-10-17)16-14-8-6-5-7-13(14)15(18)19-20-16/h5-8H,3-4,9-12H2,1-2H3. The first-order valence-electron chi connectivity index (χ1n) is 7.85. The van der Waals surface area contributed by atoms with Crippen molar-refractivity contribution in [1.82, 2.24) is 10.2 Å². The molecular formula is C17H22ClN3. The Morgan fingerprint density at radius 1 is 1.05 bits per heavy atom. The Morgan fingerprint density at radius 2 is 1.67 bits per heavy atom. The molecule has 4 heteroatoms. The van der Waals surface area contributed by atoms with Crippen LogP contribution in [0.5, 0.6) is 0 Å². The highest BCUT2D eigenvalue weighted by molar-refractivity contribution is 6.34.